The zero-order valence-corrected chi connectivity index (χ0v) is 10.9. The van der Waals surface area contributed by atoms with Crippen molar-refractivity contribution >= 4 is 27.9 Å². The molecule has 1 rings (SSSR count). The van der Waals surface area contributed by atoms with Crippen molar-refractivity contribution in [1.82, 2.24) is 0 Å². The van der Waals surface area contributed by atoms with Gasteiger partial charge in [-0.3, -0.25) is 4.79 Å². The quantitative estimate of drug-likeness (QED) is 0.817. The predicted octanol–water partition coefficient (Wildman–Crippen LogP) is 2.47. The number of hydrogen-bond acceptors (Lipinski definition) is 3. The topological polar surface area (TPSA) is 40.5 Å². The number of rotatable bonds is 6. The van der Waals surface area contributed by atoms with Gasteiger partial charge in [-0.25, -0.2) is 0 Å². The van der Waals surface area contributed by atoms with Crippen molar-refractivity contribution in [3.05, 3.63) is 28.2 Å². The van der Waals surface area contributed by atoms with Crippen LogP contribution in [0.25, 0.3) is 0 Å². The van der Waals surface area contributed by atoms with Crippen LogP contribution in [-0.4, -0.2) is 31.1 Å². The molecule has 1 aromatic carbocycles. The zero-order chi connectivity index (χ0) is 12.0. The summed E-state index contributed by atoms with van der Waals surface area (Å²) in [5.74, 6) is 0. The molecule has 0 amide bonds. The molecule has 0 saturated carbocycles. The fraction of sp³-hybridized carbons (Fsp3) is 0.417. The van der Waals surface area contributed by atoms with Crippen molar-refractivity contribution in [2.24, 2.45) is 0 Å². The Morgan fingerprint density at radius 2 is 2.25 bits per heavy atom. The normalized spacial score (nSPS) is 10.2. The molecule has 0 spiro atoms. The van der Waals surface area contributed by atoms with E-state index in [0.717, 1.165) is 36.0 Å². The third-order valence-corrected chi connectivity index (χ3v) is 3.05. The van der Waals surface area contributed by atoms with Crippen molar-refractivity contribution in [2.75, 3.05) is 24.6 Å². The van der Waals surface area contributed by atoms with Gasteiger partial charge in [0, 0.05) is 29.7 Å². The third kappa shape index (κ3) is 3.32. The number of halogens is 1. The van der Waals surface area contributed by atoms with Crippen LogP contribution in [0.5, 0.6) is 0 Å². The van der Waals surface area contributed by atoms with Gasteiger partial charge in [-0.05, 0) is 47.5 Å². The summed E-state index contributed by atoms with van der Waals surface area (Å²) in [6.07, 6.45) is 1.58. The van der Waals surface area contributed by atoms with Gasteiger partial charge in [-0.2, -0.15) is 0 Å². The molecule has 0 unspecified atom stereocenters. The molecular formula is C12H16BrNO2. The Hall–Kier alpha value is -0.870. The molecule has 0 heterocycles. The summed E-state index contributed by atoms with van der Waals surface area (Å²) in [7, 11) is 0. The highest BCUT2D eigenvalue weighted by atomic mass is 79.9. The van der Waals surface area contributed by atoms with E-state index < -0.39 is 0 Å². The van der Waals surface area contributed by atoms with Crippen LogP contribution in [0.3, 0.4) is 0 Å². The number of aldehydes is 1. The van der Waals surface area contributed by atoms with E-state index >= 15 is 0 Å². The van der Waals surface area contributed by atoms with E-state index in [4.69, 9.17) is 5.11 Å². The summed E-state index contributed by atoms with van der Waals surface area (Å²) < 4.78 is 0.914. The highest BCUT2D eigenvalue weighted by Crippen LogP contribution is 2.27. The molecule has 0 saturated heterocycles. The molecular weight excluding hydrogens is 270 g/mol. The second-order valence-electron chi connectivity index (χ2n) is 3.49. The summed E-state index contributed by atoms with van der Waals surface area (Å²) in [6, 6.07) is 5.54. The van der Waals surface area contributed by atoms with Gasteiger partial charge in [0.1, 0.15) is 6.29 Å². The lowest BCUT2D eigenvalue weighted by Crippen LogP contribution is -2.24. The van der Waals surface area contributed by atoms with E-state index in [1.165, 1.54) is 0 Å². The molecule has 1 aromatic rings. The maximum absolute atomic E-state index is 10.6. The SMILES string of the molecule is CCN(CCCO)c1ccc(C=O)cc1Br. The fourth-order valence-electron chi connectivity index (χ4n) is 1.56. The van der Waals surface area contributed by atoms with Crippen LogP contribution < -0.4 is 4.90 Å². The van der Waals surface area contributed by atoms with Gasteiger partial charge in [0.05, 0.1) is 5.69 Å². The highest BCUT2D eigenvalue weighted by molar-refractivity contribution is 9.10. The molecule has 88 valence electrons. The lowest BCUT2D eigenvalue weighted by atomic mass is 10.2. The van der Waals surface area contributed by atoms with Crippen molar-refractivity contribution in [3.63, 3.8) is 0 Å². The van der Waals surface area contributed by atoms with Crippen molar-refractivity contribution < 1.29 is 9.90 Å². The largest absolute Gasteiger partial charge is 0.396 e. The van der Waals surface area contributed by atoms with Crippen molar-refractivity contribution in [2.45, 2.75) is 13.3 Å². The number of hydrogen-bond donors (Lipinski definition) is 1. The van der Waals surface area contributed by atoms with Gasteiger partial charge < -0.3 is 10.0 Å². The highest BCUT2D eigenvalue weighted by Gasteiger charge is 2.08. The first-order valence-electron chi connectivity index (χ1n) is 5.33. The van der Waals surface area contributed by atoms with E-state index in [2.05, 4.69) is 27.8 Å². The summed E-state index contributed by atoms with van der Waals surface area (Å²) in [4.78, 5) is 12.8. The number of benzene rings is 1. The number of aliphatic hydroxyl groups excluding tert-OH is 1. The van der Waals surface area contributed by atoms with Crippen molar-refractivity contribution in [1.29, 1.82) is 0 Å². The summed E-state index contributed by atoms with van der Waals surface area (Å²) in [6.45, 7) is 3.95. The zero-order valence-electron chi connectivity index (χ0n) is 9.32. The molecule has 0 aliphatic heterocycles. The number of nitrogens with zero attached hydrogens (tertiary/aromatic N) is 1. The minimum Gasteiger partial charge on any atom is -0.396 e. The molecule has 0 bridgehead atoms. The minimum atomic E-state index is 0.195. The smallest absolute Gasteiger partial charge is 0.150 e. The van der Waals surface area contributed by atoms with E-state index in [9.17, 15) is 4.79 Å². The molecule has 3 nitrogen and oxygen atoms in total. The van der Waals surface area contributed by atoms with Crippen LogP contribution in [-0.2, 0) is 0 Å². The predicted molar refractivity (Wildman–Crippen MR) is 69.1 cm³/mol. The van der Waals surface area contributed by atoms with Gasteiger partial charge in [0.25, 0.3) is 0 Å². The Morgan fingerprint density at radius 1 is 1.50 bits per heavy atom. The summed E-state index contributed by atoms with van der Waals surface area (Å²) >= 11 is 3.46. The van der Waals surface area contributed by atoms with Crippen LogP contribution in [0.1, 0.15) is 23.7 Å². The lowest BCUT2D eigenvalue weighted by molar-refractivity contribution is 0.112. The third-order valence-electron chi connectivity index (χ3n) is 2.42. The number of anilines is 1. The maximum Gasteiger partial charge on any atom is 0.150 e. The first kappa shape index (κ1) is 13.2. The maximum atomic E-state index is 10.6. The average Bonchev–Trinajstić information content (AvgIpc) is 2.31. The van der Waals surface area contributed by atoms with Gasteiger partial charge in [-0.1, -0.05) is 0 Å². The molecule has 0 atom stereocenters. The number of carbonyl (C=O) groups excluding carboxylic acids is 1. The van der Waals surface area contributed by atoms with E-state index in [0.29, 0.717) is 5.56 Å². The van der Waals surface area contributed by atoms with Crippen LogP contribution in [0.4, 0.5) is 5.69 Å². The van der Waals surface area contributed by atoms with Crippen molar-refractivity contribution in [3.8, 4) is 0 Å². The molecule has 0 radical (unpaired) electrons. The molecule has 0 aromatic heterocycles. The second-order valence-corrected chi connectivity index (χ2v) is 4.34. The minimum absolute atomic E-state index is 0.195. The monoisotopic (exact) mass is 285 g/mol. The standard InChI is InChI=1S/C12H16BrNO2/c1-2-14(6-3-7-15)12-5-4-10(9-16)8-11(12)13/h4-5,8-9,15H,2-3,6-7H2,1H3. The average molecular weight is 286 g/mol. The van der Waals surface area contributed by atoms with E-state index in [1.807, 2.05) is 12.1 Å². The van der Waals surface area contributed by atoms with Crippen LogP contribution in [0.15, 0.2) is 22.7 Å². The lowest BCUT2D eigenvalue weighted by Gasteiger charge is -2.24. The van der Waals surface area contributed by atoms with Gasteiger partial charge >= 0.3 is 0 Å². The van der Waals surface area contributed by atoms with Gasteiger partial charge in [0.15, 0.2) is 0 Å². The Labute approximate surface area is 104 Å². The molecule has 1 N–H and O–H groups in total. The Balaban J connectivity index is 2.87. The Morgan fingerprint density at radius 3 is 2.75 bits per heavy atom. The Bertz CT molecular complexity index is 355. The molecule has 0 aliphatic carbocycles. The molecule has 0 aliphatic rings. The summed E-state index contributed by atoms with van der Waals surface area (Å²) in [5, 5.41) is 8.82. The van der Waals surface area contributed by atoms with Crippen LogP contribution in [0, 0.1) is 0 Å². The fourth-order valence-corrected chi connectivity index (χ4v) is 2.21. The van der Waals surface area contributed by atoms with Crippen LogP contribution in [0.2, 0.25) is 0 Å². The Kier molecular flexibility index (Phi) is 5.49. The first-order chi connectivity index (χ1) is 7.72. The molecule has 0 fully saturated rings. The molecule has 16 heavy (non-hydrogen) atoms. The van der Waals surface area contributed by atoms with E-state index in [1.54, 1.807) is 6.07 Å². The number of carbonyl (C=O) groups is 1. The van der Waals surface area contributed by atoms with Crippen LogP contribution >= 0.6 is 15.9 Å². The van der Waals surface area contributed by atoms with Gasteiger partial charge in [-0.15, -0.1) is 0 Å². The van der Waals surface area contributed by atoms with E-state index in [-0.39, 0.29) is 6.61 Å². The molecule has 4 heteroatoms. The first-order valence-corrected chi connectivity index (χ1v) is 6.12. The summed E-state index contributed by atoms with van der Waals surface area (Å²) in [5.41, 5.74) is 1.72. The van der Waals surface area contributed by atoms with Gasteiger partial charge in [0.2, 0.25) is 0 Å². The number of aliphatic hydroxyl groups is 1. The second kappa shape index (κ2) is 6.66.